The Morgan fingerprint density at radius 3 is 2.78 bits per heavy atom. The minimum atomic E-state index is -0.355. The van der Waals surface area contributed by atoms with Crippen molar-refractivity contribution >= 4 is 22.7 Å². The van der Waals surface area contributed by atoms with Gasteiger partial charge in [0.1, 0.15) is 0 Å². The Kier molecular flexibility index (Phi) is 3.57. The fraction of sp³-hybridized carbons (Fsp3) is 0.250. The Hall–Kier alpha value is -1.95. The molecule has 6 heteroatoms. The number of hydrogen-bond acceptors (Lipinski definition) is 5. The van der Waals surface area contributed by atoms with Crippen molar-refractivity contribution in [1.29, 1.82) is 0 Å². The Balaban J connectivity index is 2.19. The number of hydrogen-bond donors (Lipinski definition) is 1. The van der Waals surface area contributed by atoms with E-state index >= 15 is 0 Å². The van der Waals surface area contributed by atoms with Gasteiger partial charge in [-0.3, -0.25) is 10.1 Å². The van der Waals surface area contributed by atoms with Crippen molar-refractivity contribution in [3.05, 3.63) is 50.0 Å². The second kappa shape index (κ2) is 5.14. The SMILES string of the molecule is Cc1cc([N+](=O)[O-])c(C)cc1NCc1cscn1. The van der Waals surface area contributed by atoms with Gasteiger partial charge in [0.15, 0.2) is 0 Å². The maximum Gasteiger partial charge on any atom is 0.272 e. The van der Waals surface area contributed by atoms with Gasteiger partial charge >= 0.3 is 0 Å². The van der Waals surface area contributed by atoms with E-state index in [1.54, 1.807) is 35.9 Å². The third-order valence-electron chi connectivity index (χ3n) is 2.68. The van der Waals surface area contributed by atoms with Gasteiger partial charge in [0.2, 0.25) is 0 Å². The normalized spacial score (nSPS) is 10.3. The molecule has 0 unspecified atom stereocenters. The molecule has 1 N–H and O–H groups in total. The first-order valence-corrected chi connectivity index (χ1v) is 6.39. The molecule has 1 aromatic heterocycles. The molecule has 2 rings (SSSR count). The summed E-state index contributed by atoms with van der Waals surface area (Å²) in [6.45, 7) is 4.23. The number of anilines is 1. The zero-order chi connectivity index (χ0) is 13.1. The van der Waals surface area contributed by atoms with Crippen LogP contribution in [0.25, 0.3) is 0 Å². The number of aromatic nitrogens is 1. The van der Waals surface area contributed by atoms with Crippen molar-refractivity contribution in [1.82, 2.24) is 4.98 Å². The van der Waals surface area contributed by atoms with Gasteiger partial charge in [-0.1, -0.05) is 0 Å². The highest BCUT2D eigenvalue weighted by atomic mass is 32.1. The van der Waals surface area contributed by atoms with E-state index in [1.807, 2.05) is 12.3 Å². The van der Waals surface area contributed by atoms with E-state index in [-0.39, 0.29) is 10.6 Å². The zero-order valence-corrected chi connectivity index (χ0v) is 11.0. The average molecular weight is 263 g/mol. The molecule has 0 saturated carbocycles. The number of rotatable bonds is 4. The minimum Gasteiger partial charge on any atom is -0.379 e. The number of nitrogens with zero attached hydrogens (tertiary/aromatic N) is 2. The van der Waals surface area contributed by atoms with Gasteiger partial charge in [-0.05, 0) is 25.5 Å². The maximum absolute atomic E-state index is 10.8. The van der Waals surface area contributed by atoms with E-state index in [9.17, 15) is 10.1 Å². The number of nitro benzene ring substituents is 1. The van der Waals surface area contributed by atoms with Crippen LogP contribution < -0.4 is 5.32 Å². The summed E-state index contributed by atoms with van der Waals surface area (Å²) in [5.41, 5.74) is 5.34. The molecule has 0 bridgehead atoms. The molecule has 2 aromatic rings. The number of aryl methyl sites for hydroxylation is 2. The Bertz CT molecular complexity index is 567. The van der Waals surface area contributed by atoms with Crippen molar-refractivity contribution < 1.29 is 4.92 Å². The Labute approximate surface area is 109 Å². The standard InChI is InChI=1S/C12H13N3O2S/c1-8-4-12(15(16)17)9(2)3-11(8)13-5-10-6-18-7-14-10/h3-4,6-7,13H,5H2,1-2H3. The lowest BCUT2D eigenvalue weighted by Gasteiger charge is -2.09. The van der Waals surface area contributed by atoms with Gasteiger partial charge in [-0.2, -0.15) is 0 Å². The second-order valence-electron chi connectivity index (χ2n) is 4.04. The summed E-state index contributed by atoms with van der Waals surface area (Å²) in [7, 11) is 0. The van der Waals surface area contributed by atoms with Crippen LogP contribution in [-0.4, -0.2) is 9.91 Å². The molecular formula is C12H13N3O2S. The first-order valence-electron chi connectivity index (χ1n) is 5.44. The highest BCUT2D eigenvalue weighted by molar-refractivity contribution is 7.07. The molecule has 94 valence electrons. The second-order valence-corrected chi connectivity index (χ2v) is 4.76. The van der Waals surface area contributed by atoms with E-state index in [4.69, 9.17) is 0 Å². The minimum absolute atomic E-state index is 0.159. The van der Waals surface area contributed by atoms with Gasteiger partial charge in [-0.25, -0.2) is 4.98 Å². The third-order valence-corrected chi connectivity index (χ3v) is 3.32. The number of nitrogens with one attached hydrogen (secondary N) is 1. The van der Waals surface area contributed by atoms with E-state index in [0.717, 1.165) is 16.9 Å². The van der Waals surface area contributed by atoms with Crippen LogP contribution in [0.1, 0.15) is 16.8 Å². The summed E-state index contributed by atoms with van der Waals surface area (Å²) in [6.07, 6.45) is 0. The Morgan fingerprint density at radius 2 is 2.17 bits per heavy atom. The molecule has 0 spiro atoms. The van der Waals surface area contributed by atoms with E-state index < -0.39 is 0 Å². The predicted octanol–water partition coefficient (Wildman–Crippen LogP) is 3.28. The van der Waals surface area contributed by atoms with Crippen LogP contribution in [0.5, 0.6) is 0 Å². The molecule has 0 amide bonds. The number of thiazole rings is 1. The maximum atomic E-state index is 10.8. The topological polar surface area (TPSA) is 68.1 Å². The number of nitro groups is 1. The number of benzene rings is 1. The first-order chi connectivity index (χ1) is 8.58. The fourth-order valence-corrected chi connectivity index (χ4v) is 2.26. The van der Waals surface area contributed by atoms with Crippen LogP contribution in [-0.2, 0) is 6.54 Å². The highest BCUT2D eigenvalue weighted by Gasteiger charge is 2.13. The van der Waals surface area contributed by atoms with Crippen LogP contribution in [0.3, 0.4) is 0 Å². The summed E-state index contributed by atoms with van der Waals surface area (Å²) in [5.74, 6) is 0. The molecule has 0 aliphatic rings. The van der Waals surface area contributed by atoms with Crippen molar-refractivity contribution in [2.24, 2.45) is 0 Å². The van der Waals surface area contributed by atoms with Crippen molar-refractivity contribution in [2.45, 2.75) is 20.4 Å². The lowest BCUT2D eigenvalue weighted by Crippen LogP contribution is -2.03. The molecule has 1 aromatic carbocycles. The average Bonchev–Trinajstić information content (AvgIpc) is 2.82. The molecule has 0 atom stereocenters. The van der Waals surface area contributed by atoms with Gasteiger partial charge < -0.3 is 5.32 Å². The van der Waals surface area contributed by atoms with Crippen LogP contribution >= 0.6 is 11.3 Å². The molecule has 5 nitrogen and oxygen atoms in total. The van der Waals surface area contributed by atoms with E-state index in [2.05, 4.69) is 10.3 Å². The van der Waals surface area contributed by atoms with Gasteiger partial charge in [0.25, 0.3) is 5.69 Å². The fourth-order valence-electron chi connectivity index (χ4n) is 1.70. The smallest absolute Gasteiger partial charge is 0.272 e. The molecule has 0 fully saturated rings. The highest BCUT2D eigenvalue weighted by Crippen LogP contribution is 2.26. The van der Waals surface area contributed by atoms with Crippen LogP contribution in [0.15, 0.2) is 23.0 Å². The van der Waals surface area contributed by atoms with Crippen molar-refractivity contribution in [2.75, 3.05) is 5.32 Å². The molecule has 0 radical (unpaired) electrons. The van der Waals surface area contributed by atoms with Crippen molar-refractivity contribution in [3.8, 4) is 0 Å². The predicted molar refractivity (Wildman–Crippen MR) is 72.0 cm³/mol. The molecule has 0 aliphatic carbocycles. The molecule has 1 heterocycles. The lowest BCUT2D eigenvalue weighted by atomic mass is 10.1. The summed E-state index contributed by atoms with van der Waals surface area (Å²) >= 11 is 1.55. The third kappa shape index (κ3) is 2.65. The lowest BCUT2D eigenvalue weighted by molar-refractivity contribution is -0.385. The largest absolute Gasteiger partial charge is 0.379 e. The van der Waals surface area contributed by atoms with Crippen LogP contribution in [0.2, 0.25) is 0 Å². The van der Waals surface area contributed by atoms with Gasteiger partial charge in [0.05, 0.1) is 22.7 Å². The summed E-state index contributed by atoms with van der Waals surface area (Å²) in [6, 6.07) is 3.40. The first kappa shape index (κ1) is 12.5. The summed E-state index contributed by atoms with van der Waals surface area (Å²) in [4.78, 5) is 14.6. The zero-order valence-electron chi connectivity index (χ0n) is 10.1. The Morgan fingerprint density at radius 1 is 1.39 bits per heavy atom. The van der Waals surface area contributed by atoms with E-state index in [1.165, 1.54) is 0 Å². The molecule has 18 heavy (non-hydrogen) atoms. The van der Waals surface area contributed by atoms with Crippen molar-refractivity contribution in [3.63, 3.8) is 0 Å². The van der Waals surface area contributed by atoms with Crippen LogP contribution in [0.4, 0.5) is 11.4 Å². The summed E-state index contributed by atoms with van der Waals surface area (Å²) < 4.78 is 0. The van der Waals surface area contributed by atoms with E-state index in [0.29, 0.717) is 12.1 Å². The monoisotopic (exact) mass is 263 g/mol. The summed E-state index contributed by atoms with van der Waals surface area (Å²) in [5, 5.41) is 16.0. The van der Waals surface area contributed by atoms with Gasteiger partial charge in [0, 0.05) is 22.7 Å². The molecule has 0 aliphatic heterocycles. The molecular weight excluding hydrogens is 250 g/mol. The molecule has 0 saturated heterocycles. The van der Waals surface area contributed by atoms with Gasteiger partial charge in [-0.15, -0.1) is 11.3 Å². The quantitative estimate of drug-likeness (QED) is 0.679. The van der Waals surface area contributed by atoms with Crippen LogP contribution in [0, 0.1) is 24.0 Å².